The van der Waals surface area contributed by atoms with Crippen molar-refractivity contribution in [2.24, 2.45) is 0 Å². The molecule has 110 valence electrons. The summed E-state index contributed by atoms with van der Waals surface area (Å²) >= 11 is 0. The fourth-order valence-corrected chi connectivity index (χ4v) is 2.22. The number of rotatable bonds is 3. The van der Waals surface area contributed by atoms with Crippen LogP contribution in [0.2, 0.25) is 0 Å². The van der Waals surface area contributed by atoms with Crippen molar-refractivity contribution in [1.82, 2.24) is 9.97 Å². The zero-order valence-corrected chi connectivity index (χ0v) is 11.7. The molecule has 0 aliphatic carbocycles. The second-order valence-corrected chi connectivity index (χ2v) is 4.97. The maximum Gasteiger partial charge on any atom is 0.251 e. The van der Waals surface area contributed by atoms with Gasteiger partial charge in [0.2, 0.25) is 0 Å². The second-order valence-electron chi connectivity index (χ2n) is 4.97. The minimum atomic E-state index is -0.317. The van der Waals surface area contributed by atoms with Crippen LogP contribution in [0.1, 0.15) is 11.4 Å². The number of H-pyrrole nitrogens is 1. The summed E-state index contributed by atoms with van der Waals surface area (Å²) in [4.78, 5) is 18.9. The molecule has 1 heterocycles. The van der Waals surface area contributed by atoms with Crippen LogP contribution < -0.4 is 11.3 Å². The van der Waals surface area contributed by atoms with Crippen molar-refractivity contribution in [2.75, 3.05) is 5.73 Å². The summed E-state index contributed by atoms with van der Waals surface area (Å²) in [5.74, 6) is 0.104. The molecule has 22 heavy (non-hydrogen) atoms. The molecule has 0 saturated heterocycles. The van der Waals surface area contributed by atoms with E-state index < -0.39 is 0 Å². The monoisotopic (exact) mass is 295 g/mol. The fourth-order valence-electron chi connectivity index (χ4n) is 2.22. The number of nitrogens with one attached hydrogen (secondary N) is 1. The van der Waals surface area contributed by atoms with Crippen LogP contribution in [0.3, 0.4) is 0 Å². The Morgan fingerprint density at radius 2 is 1.82 bits per heavy atom. The minimum absolute atomic E-state index is 0.227. The molecule has 0 spiro atoms. The van der Waals surface area contributed by atoms with Gasteiger partial charge in [0.05, 0.1) is 5.69 Å². The maximum absolute atomic E-state index is 13.7. The molecule has 0 radical (unpaired) electrons. The number of nitrogen functional groups attached to an aromatic ring is 1. The maximum atomic E-state index is 13.7. The van der Waals surface area contributed by atoms with Crippen LogP contribution in [-0.2, 0) is 6.42 Å². The zero-order valence-electron chi connectivity index (χ0n) is 11.7. The first-order valence-electron chi connectivity index (χ1n) is 6.81. The number of nitrogens with two attached hydrogens (primary N) is 1. The van der Waals surface area contributed by atoms with Gasteiger partial charge in [-0.15, -0.1) is 0 Å². The highest BCUT2D eigenvalue weighted by atomic mass is 19.1. The summed E-state index contributed by atoms with van der Waals surface area (Å²) in [6, 6.07) is 14.9. The van der Waals surface area contributed by atoms with Crippen molar-refractivity contribution in [1.29, 1.82) is 0 Å². The molecule has 3 aromatic rings. The van der Waals surface area contributed by atoms with Crippen molar-refractivity contribution in [3.63, 3.8) is 0 Å². The fraction of sp³-hybridized carbons (Fsp3) is 0.0588. The van der Waals surface area contributed by atoms with Gasteiger partial charge in [0.15, 0.2) is 0 Å². The lowest BCUT2D eigenvalue weighted by atomic mass is 10.1. The van der Waals surface area contributed by atoms with E-state index in [1.54, 1.807) is 42.5 Å². The number of hydrogen-bond donors (Lipinski definition) is 2. The topological polar surface area (TPSA) is 71.8 Å². The Morgan fingerprint density at radius 1 is 1.09 bits per heavy atom. The molecule has 4 nitrogen and oxygen atoms in total. The molecule has 3 N–H and O–H groups in total. The molecule has 0 bridgehead atoms. The first-order valence-corrected chi connectivity index (χ1v) is 6.81. The van der Waals surface area contributed by atoms with E-state index in [0.29, 0.717) is 22.8 Å². The lowest BCUT2D eigenvalue weighted by Gasteiger charge is -2.06. The van der Waals surface area contributed by atoms with E-state index in [9.17, 15) is 9.18 Å². The van der Waals surface area contributed by atoms with Gasteiger partial charge >= 0.3 is 0 Å². The van der Waals surface area contributed by atoms with Crippen LogP contribution in [0, 0.1) is 5.82 Å². The van der Waals surface area contributed by atoms with Crippen LogP contribution in [0.15, 0.2) is 59.4 Å². The first kappa shape index (κ1) is 14.0. The molecule has 0 fully saturated rings. The predicted octanol–water partition coefficient (Wildman–Crippen LogP) is 2.75. The predicted molar refractivity (Wildman–Crippen MR) is 83.9 cm³/mol. The summed E-state index contributed by atoms with van der Waals surface area (Å²) in [5, 5.41) is 0. The van der Waals surface area contributed by atoms with E-state index in [4.69, 9.17) is 5.73 Å². The largest absolute Gasteiger partial charge is 0.399 e. The molecule has 2 aromatic carbocycles. The van der Waals surface area contributed by atoms with E-state index in [1.807, 2.05) is 0 Å². The molecule has 0 aliphatic heterocycles. The Kier molecular flexibility index (Phi) is 3.70. The summed E-state index contributed by atoms with van der Waals surface area (Å²) in [5.41, 5.74) is 7.83. The molecule has 0 saturated carbocycles. The molecule has 1 aromatic heterocycles. The molecular formula is C17H14FN3O. The van der Waals surface area contributed by atoms with Crippen LogP contribution in [0.4, 0.5) is 10.1 Å². The second kappa shape index (κ2) is 5.81. The Labute approximate surface area is 126 Å². The van der Waals surface area contributed by atoms with E-state index in [2.05, 4.69) is 9.97 Å². The molecule has 3 rings (SSSR count). The van der Waals surface area contributed by atoms with E-state index in [0.717, 1.165) is 5.56 Å². The van der Waals surface area contributed by atoms with Gasteiger partial charge in [-0.3, -0.25) is 4.79 Å². The van der Waals surface area contributed by atoms with Crippen LogP contribution in [0.5, 0.6) is 0 Å². The van der Waals surface area contributed by atoms with Crippen LogP contribution in [-0.4, -0.2) is 9.97 Å². The number of hydrogen-bond acceptors (Lipinski definition) is 3. The van der Waals surface area contributed by atoms with Crippen molar-refractivity contribution >= 4 is 5.69 Å². The number of halogens is 1. The van der Waals surface area contributed by atoms with Crippen molar-refractivity contribution < 1.29 is 4.39 Å². The van der Waals surface area contributed by atoms with Crippen molar-refractivity contribution in [2.45, 2.75) is 6.42 Å². The number of aromatic nitrogens is 2. The average molecular weight is 295 g/mol. The highest BCUT2D eigenvalue weighted by molar-refractivity contribution is 5.61. The van der Waals surface area contributed by atoms with Gasteiger partial charge in [-0.2, -0.15) is 0 Å². The number of aromatic amines is 1. The minimum Gasteiger partial charge on any atom is -0.399 e. The van der Waals surface area contributed by atoms with Gasteiger partial charge in [0, 0.05) is 23.7 Å². The van der Waals surface area contributed by atoms with Crippen LogP contribution >= 0.6 is 0 Å². The normalized spacial score (nSPS) is 10.6. The first-order chi connectivity index (χ1) is 10.6. The summed E-state index contributed by atoms with van der Waals surface area (Å²) in [7, 11) is 0. The molecule has 0 aliphatic rings. The SMILES string of the molecule is Nc1ccc(-c2cc(=O)[nH]c(Cc3ccccc3F)n2)cc1. The standard InChI is InChI=1S/C17H14FN3O/c18-14-4-2-1-3-12(14)9-16-20-15(10-17(22)21-16)11-5-7-13(19)8-6-11/h1-8,10H,9,19H2,(H,20,21,22). The van der Waals surface area contributed by atoms with Crippen LogP contribution in [0.25, 0.3) is 11.3 Å². The Balaban J connectivity index is 1.98. The quantitative estimate of drug-likeness (QED) is 0.730. The molecule has 0 atom stereocenters. The molecular weight excluding hydrogens is 281 g/mol. The third kappa shape index (κ3) is 3.03. The third-order valence-electron chi connectivity index (χ3n) is 3.31. The van der Waals surface area contributed by atoms with Gasteiger partial charge in [0.1, 0.15) is 11.6 Å². The Hall–Kier alpha value is -2.95. The average Bonchev–Trinajstić information content (AvgIpc) is 2.50. The molecule has 0 unspecified atom stereocenters. The summed E-state index contributed by atoms with van der Waals surface area (Å²) < 4.78 is 13.7. The molecule has 5 heteroatoms. The van der Waals surface area contributed by atoms with Gasteiger partial charge in [-0.25, -0.2) is 9.37 Å². The Morgan fingerprint density at radius 3 is 2.55 bits per heavy atom. The third-order valence-corrected chi connectivity index (χ3v) is 3.31. The lowest BCUT2D eigenvalue weighted by molar-refractivity contribution is 0.612. The highest BCUT2D eigenvalue weighted by Crippen LogP contribution is 2.18. The number of nitrogens with zero attached hydrogens (tertiary/aromatic N) is 1. The Bertz CT molecular complexity index is 856. The van der Waals surface area contributed by atoms with Gasteiger partial charge in [-0.05, 0) is 23.8 Å². The number of benzene rings is 2. The van der Waals surface area contributed by atoms with Crippen molar-refractivity contribution in [3.8, 4) is 11.3 Å². The van der Waals surface area contributed by atoms with E-state index in [1.165, 1.54) is 12.1 Å². The van der Waals surface area contributed by atoms with E-state index >= 15 is 0 Å². The highest BCUT2D eigenvalue weighted by Gasteiger charge is 2.07. The summed E-state index contributed by atoms with van der Waals surface area (Å²) in [6.07, 6.45) is 0.227. The smallest absolute Gasteiger partial charge is 0.251 e. The lowest BCUT2D eigenvalue weighted by Crippen LogP contribution is -2.12. The van der Waals surface area contributed by atoms with Gasteiger partial charge < -0.3 is 10.7 Å². The van der Waals surface area contributed by atoms with Gasteiger partial charge in [-0.1, -0.05) is 30.3 Å². The zero-order chi connectivity index (χ0) is 15.5. The molecule has 0 amide bonds. The number of anilines is 1. The van der Waals surface area contributed by atoms with Gasteiger partial charge in [0.25, 0.3) is 5.56 Å². The summed E-state index contributed by atoms with van der Waals surface area (Å²) in [6.45, 7) is 0. The van der Waals surface area contributed by atoms with E-state index in [-0.39, 0.29) is 17.8 Å². The van der Waals surface area contributed by atoms with Crippen molar-refractivity contribution in [3.05, 3.63) is 82.2 Å².